The van der Waals surface area contributed by atoms with Gasteiger partial charge < -0.3 is 4.90 Å². The fourth-order valence-electron chi connectivity index (χ4n) is 3.25. The van der Waals surface area contributed by atoms with Crippen molar-refractivity contribution >= 4 is 63.1 Å². The number of benzene rings is 2. The van der Waals surface area contributed by atoms with Gasteiger partial charge in [0.25, 0.3) is 5.91 Å². The zero-order valence-corrected chi connectivity index (χ0v) is 18.5. The minimum absolute atomic E-state index is 0.259. The fourth-order valence-corrected chi connectivity index (χ4v) is 4.42. The maximum absolute atomic E-state index is 12.9. The summed E-state index contributed by atoms with van der Waals surface area (Å²) in [6.45, 7) is 0.489. The number of nitrogens with one attached hydrogen (secondary N) is 1. The van der Waals surface area contributed by atoms with Crippen molar-refractivity contribution in [3.8, 4) is 10.6 Å². The van der Waals surface area contributed by atoms with Crippen LogP contribution in [0.5, 0.6) is 0 Å². The van der Waals surface area contributed by atoms with Crippen molar-refractivity contribution in [2.75, 3.05) is 11.9 Å². The Balaban J connectivity index is 1.47. The van der Waals surface area contributed by atoms with Crippen molar-refractivity contribution in [3.05, 3.63) is 63.1 Å². The SMILES string of the molecule is O=C(Nc1nnc(-c2ccc(Cl)cc2)s1)[C@@H]1CCCN1C(=O)c1ccc(Cl)c(Cl)c1. The lowest BCUT2D eigenvalue weighted by Gasteiger charge is -2.23. The molecule has 0 bridgehead atoms. The molecule has 1 fully saturated rings. The largest absolute Gasteiger partial charge is 0.327 e. The van der Waals surface area contributed by atoms with Crippen molar-refractivity contribution in [3.63, 3.8) is 0 Å². The van der Waals surface area contributed by atoms with Crippen LogP contribution < -0.4 is 5.32 Å². The standard InChI is InChI=1S/C20H15Cl3N4O2S/c21-13-6-3-11(4-7-13)18-25-26-20(30-18)24-17(28)16-2-1-9-27(16)19(29)12-5-8-14(22)15(23)10-12/h3-8,10,16H,1-2,9H2,(H,24,26,28)/t16-/m0/s1. The molecule has 154 valence electrons. The summed E-state index contributed by atoms with van der Waals surface area (Å²) in [7, 11) is 0. The molecule has 1 aliphatic heterocycles. The van der Waals surface area contributed by atoms with E-state index in [4.69, 9.17) is 34.8 Å². The summed E-state index contributed by atoms with van der Waals surface area (Å²) >= 11 is 19.1. The Labute approximate surface area is 191 Å². The summed E-state index contributed by atoms with van der Waals surface area (Å²) in [5.41, 5.74) is 1.25. The van der Waals surface area contributed by atoms with E-state index in [9.17, 15) is 9.59 Å². The summed E-state index contributed by atoms with van der Waals surface area (Å²) in [5.74, 6) is -0.551. The number of hydrogen-bond donors (Lipinski definition) is 1. The van der Waals surface area contributed by atoms with Gasteiger partial charge >= 0.3 is 0 Å². The molecule has 0 spiro atoms. The number of amides is 2. The number of rotatable bonds is 4. The van der Waals surface area contributed by atoms with E-state index in [0.29, 0.717) is 43.7 Å². The van der Waals surface area contributed by atoms with Gasteiger partial charge in [-0.2, -0.15) is 0 Å². The monoisotopic (exact) mass is 480 g/mol. The van der Waals surface area contributed by atoms with Crippen molar-refractivity contribution in [2.24, 2.45) is 0 Å². The third-order valence-corrected chi connectivity index (χ3v) is 6.61. The summed E-state index contributed by atoms with van der Waals surface area (Å²) in [4.78, 5) is 27.3. The first-order valence-electron chi connectivity index (χ1n) is 9.09. The summed E-state index contributed by atoms with van der Waals surface area (Å²) in [5, 5.41) is 13.3. The first-order chi connectivity index (χ1) is 14.4. The molecule has 1 saturated heterocycles. The molecule has 0 aliphatic carbocycles. The normalized spacial score (nSPS) is 16.0. The third-order valence-electron chi connectivity index (χ3n) is 4.73. The minimum atomic E-state index is -0.588. The lowest BCUT2D eigenvalue weighted by atomic mass is 10.1. The molecule has 3 aromatic rings. The van der Waals surface area contributed by atoms with E-state index in [-0.39, 0.29) is 11.8 Å². The van der Waals surface area contributed by atoms with Gasteiger partial charge in [-0.15, -0.1) is 10.2 Å². The number of halogens is 3. The van der Waals surface area contributed by atoms with E-state index >= 15 is 0 Å². The average molecular weight is 482 g/mol. The van der Waals surface area contributed by atoms with Crippen LogP contribution in [0.4, 0.5) is 5.13 Å². The van der Waals surface area contributed by atoms with E-state index in [1.165, 1.54) is 17.4 Å². The molecule has 30 heavy (non-hydrogen) atoms. The number of carbonyl (C=O) groups excluding carboxylic acids is 2. The highest BCUT2D eigenvalue weighted by atomic mass is 35.5. The Morgan fingerprint density at radius 1 is 1.03 bits per heavy atom. The summed E-state index contributed by atoms with van der Waals surface area (Å²) in [6.07, 6.45) is 1.30. The highest BCUT2D eigenvalue weighted by Crippen LogP contribution is 2.29. The van der Waals surface area contributed by atoms with Crippen molar-refractivity contribution in [1.82, 2.24) is 15.1 Å². The number of hydrogen-bond acceptors (Lipinski definition) is 5. The molecule has 2 amide bonds. The Morgan fingerprint density at radius 3 is 2.53 bits per heavy atom. The van der Waals surface area contributed by atoms with Crippen molar-refractivity contribution < 1.29 is 9.59 Å². The molecule has 4 rings (SSSR count). The van der Waals surface area contributed by atoms with E-state index < -0.39 is 6.04 Å². The molecule has 2 aromatic carbocycles. The Morgan fingerprint density at radius 2 is 1.80 bits per heavy atom. The highest BCUT2D eigenvalue weighted by Gasteiger charge is 2.35. The lowest BCUT2D eigenvalue weighted by molar-refractivity contribution is -0.119. The average Bonchev–Trinajstić information content (AvgIpc) is 3.40. The Hall–Kier alpha value is -2.19. The molecule has 1 aromatic heterocycles. The second kappa shape index (κ2) is 8.89. The molecule has 6 nitrogen and oxygen atoms in total. The van der Waals surface area contributed by atoms with Gasteiger partial charge in [0.2, 0.25) is 11.0 Å². The molecule has 0 unspecified atom stereocenters. The fraction of sp³-hybridized carbons (Fsp3) is 0.200. The van der Waals surface area contributed by atoms with Crippen LogP contribution in [0.1, 0.15) is 23.2 Å². The van der Waals surface area contributed by atoms with Gasteiger partial charge in [0.15, 0.2) is 0 Å². The maximum atomic E-state index is 12.9. The second-order valence-electron chi connectivity index (χ2n) is 6.69. The van der Waals surface area contributed by atoms with Crippen LogP contribution in [0, 0.1) is 0 Å². The van der Waals surface area contributed by atoms with Crippen molar-refractivity contribution in [2.45, 2.75) is 18.9 Å². The molecular formula is C20H15Cl3N4O2S. The van der Waals surface area contributed by atoms with Gasteiger partial charge in [-0.05, 0) is 43.2 Å². The van der Waals surface area contributed by atoms with E-state index in [2.05, 4.69) is 15.5 Å². The first kappa shape index (κ1) is 21.1. The summed E-state index contributed by atoms with van der Waals surface area (Å²) < 4.78 is 0. The molecule has 1 N–H and O–H groups in total. The van der Waals surface area contributed by atoms with Crippen molar-refractivity contribution in [1.29, 1.82) is 0 Å². The molecular weight excluding hydrogens is 467 g/mol. The number of carbonyl (C=O) groups is 2. The first-order valence-corrected chi connectivity index (χ1v) is 11.0. The zero-order chi connectivity index (χ0) is 21.3. The Kier molecular flexibility index (Phi) is 6.24. The van der Waals surface area contributed by atoms with Crippen LogP contribution in [0.3, 0.4) is 0 Å². The predicted molar refractivity (Wildman–Crippen MR) is 120 cm³/mol. The molecule has 2 heterocycles. The van der Waals surface area contributed by atoms with Gasteiger partial charge in [-0.1, -0.05) is 58.3 Å². The van der Waals surface area contributed by atoms with Crippen LogP contribution in [0.15, 0.2) is 42.5 Å². The smallest absolute Gasteiger partial charge is 0.254 e. The summed E-state index contributed by atoms with van der Waals surface area (Å²) in [6, 6.07) is 11.3. The Bertz CT molecular complexity index is 1100. The van der Waals surface area contributed by atoms with Crippen LogP contribution >= 0.6 is 46.1 Å². The van der Waals surface area contributed by atoms with Gasteiger partial charge in [-0.25, -0.2) is 0 Å². The van der Waals surface area contributed by atoms with Crippen LogP contribution in [0.2, 0.25) is 15.1 Å². The molecule has 0 radical (unpaired) electrons. The van der Waals surface area contributed by atoms with Crippen LogP contribution in [-0.2, 0) is 4.79 Å². The van der Waals surface area contributed by atoms with Crippen LogP contribution in [0.25, 0.3) is 10.6 Å². The molecule has 10 heteroatoms. The van der Waals surface area contributed by atoms with Gasteiger partial charge in [0, 0.05) is 22.7 Å². The molecule has 1 aliphatic rings. The quantitative estimate of drug-likeness (QED) is 0.541. The predicted octanol–water partition coefficient (Wildman–Crippen LogP) is 5.41. The topological polar surface area (TPSA) is 75.2 Å². The molecule has 1 atom stereocenters. The second-order valence-corrected chi connectivity index (χ2v) is 8.92. The highest BCUT2D eigenvalue weighted by molar-refractivity contribution is 7.18. The lowest BCUT2D eigenvalue weighted by Crippen LogP contribution is -2.43. The van der Waals surface area contributed by atoms with Gasteiger partial charge in [0.1, 0.15) is 11.0 Å². The minimum Gasteiger partial charge on any atom is -0.327 e. The van der Waals surface area contributed by atoms with E-state index in [1.807, 2.05) is 12.1 Å². The van der Waals surface area contributed by atoms with Gasteiger partial charge in [0.05, 0.1) is 10.0 Å². The third kappa shape index (κ3) is 4.44. The van der Waals surface area contributed by atoms with Gasteiger partial charge in [-0.3, -0.25) is 14.9 Å². The van der Waals surface area contributed by atoms with Crippen LogP contribution in [-0.4, -0.2) is 39.5 Å². The number of aromatic nitrogens is 2. The molecule has 0 saturated carbocycles. The number of anilines is 1. The number of nitrogens with zero attached hydrogens (tertiary/aromatic N) is 3. The maximum Gasteiger partial charge on any atom is 0.254 e. The number of likely N-dealkylation sites (tertiary alicyclic amines) is 1. The van der Waals surface area contributed by atoms with E-state index in [0.717, 1.165) is 12.0 Å². The van der Waals surface area contributed by atoms with E-state index in [1.54, 1.807) is 29.2 Å². The zero-order valence-electron chi connectivity index (χ0n) is 15.4.